The van der Waals surface area contributed by atoms with Crippen LogP contribution in [-0.4, -0.2) is 34.7 Å². The van der Waals surface area contributed by atoms with E-state index in [-0.39, 0.29) is 51.2 Å². The van der Waals surface area contributed by atoms with Crippen LogP contribution in [-0.2, 0) is 36.2 Å². The van der Waals surface area contributed by atoms with Crippen molar-refractivity contribution in [3.8, 4) is 0 Å². The molecule has 0 bridgehead atoms. The van der Waals surface area contributed by atoms with E-state index in [1.165, 1.54) is 0 Å². The fourth-order valence-corrected chi connectivity index (χ4v) is 0. The Balaban J connectivity index is -0.000000000500. The van der Waals surface area contributed by atoms with E-state index in [0.29, 0.717) is 0 Å². The van der Waals surface area contributed by atoms with E-state index >= 15 is 0 Å². The molecule has 4 nitrogen and oxygen atoms in total. The van der Waals surface area contributed by atoms with Crippen LogP contribution in [0.1, 0.15) is 0 Å². The first-order chi connectivity index (χ1) is 1.00. The van der Waals surface area contributed by atoms with Gasteiger partial charge in [-0.1, -0.05) is 0 Å². The number of hydrogen-bond acceptors (Lipinski definition) is 1. The van der Waals surface area contributed by atoms with Gasteiger partial charge in [-0.15, -0.1) is 0 Å². The maximum absolute atomic E-state index is 8.06. The van der Waals surface area contributed by atoms with Crippen molar-refractivity contribution in [2.45, 2.75) is 0 Å². The van der Waals surface area contributed by atoms with E-state index in [1.54, 1.807) is 15.9 Å². The number of hydrogen-bond donors (Lipinski definition) is 0. The first-order valence-corrected chi connectivity index (χ1v) is 0.636. The Morgan fingerprint density at radius 2 is 0.714 bits per heavy atom. The predicted octanol–water partition coefficient (Wildman–Crippen LogP) is -1.24. The third-order valence-electron chi connectivity index (χ3n) is 0. The Labute approximate surface area is 70.9 Å². The first kappa shape index (κ1) is 85.1. The summed E-state index contributed by atoms with van der Waals surface area (Å²) in [5.41, 5.74) is 0. The monoisotopic (exact) mass is 173 g/mol. The summed E-state index contributed by atoms with van der Waals surface area (Å²) in [6.07, 6.45) is 0. The van der Waals surface area contributed by atoms with Crippen LogP contribution in [0.15, 0.2) is 0 Å². The topological polar surface area (TPSA) is 103 Å². The zero-order chi connectivity index (χ0) is 2.00. The third kappa shape index (κ3) is 126. The van der Waals surface area contributed by atoms with Gasteiger partial charge in [0.05, 0.1) is 0 Å². The molecule has 0 rings (SSSR count). The Kier molecular flexibility index (Phi) is 2170. The summed E-state index contributed by atoms with van der Waals surface area (Å²) in [6, 6.07) is 0. The fourth-order valence-electron chi connectivity index (χ4n) is 0. The van der Waals surface area contributed by atoms with Gasteiger partial charge in [0, 0.05) is 0 Å². The van der Waals surface area contributed by atoms with Crippen molar-refractivity contribution in [3.63, 3.8) is 0 Å². The molecule has 0 spiro atoms. The average Bonchev–Trinajstić information content (AvgIpc) is 1.00. The second-order valence-corrected chi connectivity index (χ2v) is 0. The first-order valence-electron chi connectivity index (χ1n) is 0.154. The van der Waals surface area contributed by atoms with E-state index in [9.17, 15) is 0 Å². The van der Waals surface area contributed by atoms with Crippen molar-refractivity contribution >= 4 is 34.7 Å². The van der Waals surface area contributed by atoms with Gasteiger partial charge in [0.2, 0.25) is 0 Å². The van der Waals surface area contributed by atoms with Gasteiger partial charge in [-0.2, -0.15) is 0 Å². The van der Waals surface area contributed by atoms with Gasteiger partial charge in [-0.25, -0.2) is 0 Å². The van der Waals surface area contributed by atoms with E-state index in [2.05, 4.69) is 0 Å². The Morgan fingerprint density at radius 1 is 0.714 bits per heavy atom. The van der Waals surface area contributed by atoms with Crippen LogP contribution in [0, 0.1) is 0 Å². The van der Waals surface area contributed by atoms with Gasteiger partial charge in [0.25, 0.3) is 0 Å². The second-order valence-electron chi connectivity index (χ2n) is 0. The van der Waals surface area contributed by atoms with Crippen molar-refractivity contribution in [1.82, 2.24) is 0 Å². The number of rotatable bonds is 0. The van der Waals surface area contributed by atoms with Gasteiger partial charge in [0.1, 0.15) is 0 Å². The summed E-state index contributed by atoms with van der Waals surface area (Å²) in [5.74, 6) is 0. The minimum atomic E-state index is 0. The Bertz CT molecular complexity index is 9.65. The van der Waals surface area contributed by atoms with E-state index in [1.807, 2.05) is 0 Å². The molecule has 0 saturated heterocycles. The zero-order valence-corrected chi connectivity index (χ0v) is 6.66. The Morgan fingerprint density at radius 3 is 0.714 bits per heavy atom. The van der Waals surface area contributed by atoms with Gasteiger partial charge in [-0.05, 0) is 0 Å². The van der Waals surface area contributed by atoms with Crippen LogP contribution < -0.4 is 0 Å². The summed E-state index contributed by atoms with van der Waals surface area (Å²) >= 11 is 1.69. The molecule has 0 aromatic carbocycles. The molecule has 0 heterocycles. The molecule has 0 aliphatic rings. The average molecular weight is 173 g/mol. The summed E-state index contributed by atoms with van der Waals surface area (Å²) < 4.78 is 8.06. The van der Waals surface area contributed by atoms with Crippen LogP contribution in [0.4, 0.5) is 0 Å². The quantitative estimate of drug-likeness (QED) is 0.420. The molecule has 0 aliphatic carbocycles. The van der Waals surface area contributed by atoms with Crippen LogP contribution in [0.25, 0.3) is 0 Å². The molecule has 0 N–H and O–H groups in total. The van der Waals surface area contributed by atoms with Crippen molar-refractivity contribution in [3.05, 3.63) is 0 Å². The van der Waals surface area contributed by atoms with Crippen molar-refractivity contribution in [2.24, 2.45) is 0 Å². The van der Waals surface area contributed by atoms with Gasteiger partial charge < -0.3 is 16.4 Å². The van der Waals surface area contributed by atoms with Crippen molar-refractivity contribution in [1.29, 1.82) is 0 Å². The summed E-state index contributed by atoms with van der Waals surface area (Å²) in [5, 5.41) is 0. The van der Waals surface area contributed by atoms with Crippen molar-refractivity contribution < 1.29 is 36.2 Å². The SMILES string of the molecule is [Al+3].[Al+3].[O-2].[O-2].[O-2].[O]=[Mn]. The second kappa shape index (κ2) is 178. The standard InChI is InChI=1S/2Al.Mn.4O/q2*+3;;;3*-2. The van der Waals surface area contributed by atoms with Gasteiger partial charge in [0.15, 0.2) is 0 Å². The molecular weight excluding hydrogens is 173 g/mol. The molecule has 0 atom stereocenters. The maximum atomic E-state index is 8.06. The molecule has 0 radical (unpaired) electrons. The predicted molar refractivity (Wildman–Crippen MR) is 14.3 cm³/mol. The van der Waals surface area contributed by atoms with Crippen LogP contribution in [0.5, 0.6) is 0 Å². The molecule has 7 heavy (non-hydrogen) atoms. The normalized spacial score (nSPS) is 0.571. The molecule has 0 unspecified atom stereocenters. The molecule has 0 saturated carbocycles. The van der Waals surface area contributed by atoms with E-state index in [4.69, 9.17) is 3.83 Å². The summed E-state index contributed by atoms with van der Waals surface area (Å²) in [6.45, 7) is 0. The third-order valence-corrected chi connectivity index (χ3v) is 0. The molecule has 37 valence electrons. The molecule has 0 aromatic heterocycles. The summed E-state index contributed by atoms with van der Waals surface area (Å²) in [4.78, 5) is 0. The molecule has 7 heteroatoms. The molecule has 0 aliphatic heterocycles. The molecule has 0 fully saturated rings. The molecule has 0 aromatic rings. The fraction of sp³-hybridized carbons (Fsp3) is 0. The van der Waals surface area contributed by atoms with Crippen LogP contribution in [0.3, 0.4) is 0 Å². The zero-order valence-electron chi connectivity index (χ0n) is 3.17. The molecular formula is Al2MnO4. The van der Waals surface area contributed by atoms with Gasteiger partial charge >= 0.3 is 54.5 Å². The summed E-state index contributed by atoms with van der Waals surface area (Å²) in [7, 11) is 0. The van der Waals surface area contributed by atoms with Gasteiger partial charge in [-0.3, -0.25) is 0 Å². The van der Waals surface area contributed by atoms with Crippen LogP contribution in [0.2, 0.25) is 0 Å². The van der Waals surface area contributed by atoms with Crippen LogP contribution >= 0.6 is 0 Å². The van der Waals surface area contributed by atoms with Crippen molar-refractivity contribution in [2.75, 3.05) is 0 Å². The minimum absolute atomic E-state index is 0. The van der Waals surface area contributed by atoms with E-state index < -0.39 is 0 Å². The Hall–Kier alpha value is 1.26. The molecule has 0 amide bonds. The van der Waals surface area contributed by atoms with E-state index in [0.717, 1.165) is 0 Å².